The highest BCUT2D eigenvalue weighted by Crippen LogP contribution is 2.05. The monoisotopic (exact) mass is 313 g/mol. The van der Waals surface area contributed by atoms with Crippen molar-refractivity contribution in [3.8, 4) is 0 Å². The summed E-state index contributed by atoms with van der Waals surface area (Å²) >= 11 is 0. The van der Waals surface area contributed by atoms with Gasteiger partial charge in [0.15, 0.2) is 9.84 Å². The van der Waals surface area contributed by atoms with Gasteiger partial charge in [0.05, 0.1) is 5.25 Å². The Kier molecular flexibility index (Phi) is 5.90. The molecule has 1 aromatic rings. The summed E-state index contributed by atoms with van der Waals surface area (Å²) in [7, 11) is -3.55. The van der Waals surface area contributed by atoms with E-state index in [1.807, 2.05) is 0 Å². The van der Waals surface area contributed by atoms with E-state index in [1.54, 1.807) is 30.3 Å². The van der Waals surface area contributed by atoms with E-state index in [1.165, 1.54) is 13.8 Å². The lowest BCUT2D eigenvalue weighted by Gasteiger charge is -2.15. The molecule has 0 aromatic heterocycles. The summed E-state index contributed by atoms with van der Waals surface area (Å²) in [5, 5.41) is 10.7. The molecule has 0 heterocycles. The number of aliphatic carboxylic acids is 1. The first kappa shape index (κ1) is 17.2. The molecular weight excluding hydrogens is 294 g/mol. The molecular formula is C14H19NO5S. The number of hydrogen-bond acceptors (Lipinski definition) is 4. The van der Waals surface area contributed by atoms with Crippen LogP contribution in [-0.4, -0.2) is 42.4 Å². The number of carbonyl (C=O) groups is 2. The molecule has 0 bridgehead atoms. The Bertz CT molecular complexity index is 595. The quantitative estimate of drug-likeness (QED) is 0.768. The van der Waals surface area contributed by atoms with Crippen LogP contribution in [0.1, 0.15) is 19.4 Å². The van der Waals surface area contributed by atoms with Crippen molar-refractivity contribution in [1.82, 2.24) is 5.32 Å². The Labute approximate surface area is 124 Å². The van der Waals surface area contributed by atoms with Gasteiger partial charge >= 0.3 is 5.97 Å². The number of amides is 1. The van der Waals surface area contributed by atoms with Crippen LogP contribution in [0.25, 0.3) is 0 Å². The number of carboxylic acids is 1. The zero-order valence-corrected chi connectivity index (χ0v) is 12.8. The molecule has 1 amide bonds. The van der Waals surface area contributed by atoms with Gasteiger partial charge in [-0.3, -0.25) is 4.79 Å². The van der Waals surface area contributed by atoms with Crippen LogP contribution < -0.4 is 5.32 Å². The van der Waals surface area contributed by atoms with Crippen LogP contribution in [0.4, 0.5) is 0 Å². The summed E-state index contributed by atoms with van der Waals surface area (Å²) < 4.78 is 23.3. The van der Waals surface area contributed by atoms with Crippen LogP contribution in [0.2, 0.25) is 0 Å². The smallest absolute Gasteiger partial charge is 0.326 e. The van der Waals surface area contributed by atoms with Crippen molar-refractivity contribution in [3.05, 3.63) is 35.9 Å². The summed E-state index contributed by atoms with van der Waals surface area (Å²) in [6.45, 7) is 2.95. The maximum atomic E-state index is 11.7. The third-order valence-electron chi connectivity index (χ3n) is 2.97. The van der Waals surface area contributed by atoms with Crippen LogP contribution in [0.5, 0.6) is 0 Å². The second-order valence-electron chi connectivity index (χ2n) is 5.00. The molecule has 0 saturated heterocycles. The fraction of sp³-hybridized carbons (Fsp3) is 0.429. The highest BCUT2D eigenvalue weighted by atomic mass is 32.2. The molecule has 2 N–H and O–H groups in total. The van der Waals surface area contributed by atoms with E-state index in [0.717, 1.165) is 5.56 Å². The molecule has 0 unspecified atom stereocenters. The first-order valence-electron chi connectivity index (χ1n) is 6.50. The van der Waals surface area contributed by atoms with E-state index < -0.39 is 38.8 Å². The predicted molar refractivity (Wildman–Crippen MR) is 78.6 cm³/mol. The topological polar surface area (TPSA) is 101 Å². The van der Waals surface area contributed by atoms with Crippen molar-refractivity contribution in [1.29, 1.82) is 0 Å². The molecule has 0 saturated carbocycles. The number of hydrogen-bond donors (Lipinski definition) is 2. The van der Waals surface area contributed by atoms with Crippen molar-refractivity contribution in [2.24, 2.45) is 0 Å². The van der Waals surface area contributed by atoms with Gasteiger partial charge in [0.2, 0.25) is 5.91 Å². The maximum absolute atomic E-state index is 11.7. The minimum atomic E-state index is -3.55. The largest absolute Gasteiger partial charge is 0.480 e. The Balaban J connectivity index is 2.71. The highest BCUT2D eigenvalue weighted by Gasteiger charge is 2.25. The molecule has 6 nitrogen and oxygen atoms in total. The van der Waals surface area contributed by atoms with Crippen LogP contribution in [0, 0.1) is 0 Å². The molecule has 0 aliphatic rings. The second-order valence-corrected chi connectivity index (χ2v) is 7.56. The van der Waals surface area contributed by atoms with Gasteiger partial charge < -0.3 is 10.4 Å². The molecule has 0 aliphatic carbocycles. The Morgan fingerprint density at radius 2 is 1.76 bits per heavy atom. The first-order valence-corrected chi connectivity index (χ1v) is 8.21. The molecule has 0 radical (unpaired) electrons. The van der Waals surface area contributed by atoms with Crippen molar-refractivity contribution in [2.45, 2.75) is 31.6 Å². The lowest BCUT2D eigenvalue weighted by atomic mass is 10.1. The highest BCUT2D eigenvalue weighted by molar-refractivity contribution is 7.92. The normalized spacial score (nSPS) is 12.9. The average Bonchev–Trinajstić information content (AvgIpc) is 2.38. The van der Waals surface area contributed by atoms with Crippen LogP contribution >= 0.6 is 0 Å². The van der Waals surface area contributed by atoms with E-state index in [-0.39, 0.29) is 6.42 Å². The zero-order valence-electron chi connectivity index (χ0n) is 11.9. The Hall–Kier alpha value is -1.89. The molecule has 0 spiro atoms. The van der Waals surface area contributed by atoms with E-state index in [4.69, 9.17) is 5.11 Å². The van der Waals surface area contributed by atoms with Gasteiger partial charge in [0.1, 0.15) is 11.8 Å². The third-order valence-corrected chi connectivity index (χ3v) is 5.07. The van der Waals surface area contributed by atoms with Gasteiger partial charge in [-0.25, -0.2) is 13.2 Å². The molecule has 0 fully saturated rings. The van der Waals surface area contributed by atoms with Gasteiger partial charge in [0.25, 0.3) is 0 Å². The number of sulfone groups is 1. The predicted octanol–water partition coefficient (Wildman–Crippen LogP) is 0.622. The molecule has 116 valence electrons. The van der Waals surface area contributed by atoms with Crippen LogP contribution in [0.15, 0.2) is 30.3 Å². The van der Waals surface area contributed by atoms with E-state index >= 15 is 0 Å². The van der Waals surface area contributed by atoms with Crippen molar-refractivity contribution in [3.63, 3.8) is 0 Å². The lowest BCUT2D eigenvalue weighted by Crippen LogP contribution is -2.45. The van der Waals surface area contributed by atoms with E-state index in [0.29, 0.717) is 0 Å². The first-order chi connectivity index (χ1) is 9.72. The standard InChI is InChI=1S/C14H19NO5S/c1-10(2)21(19,20)9-13(16)15-12(14(17)18)8-11-6-4-3-5-7-11/h3-7,10,12H,8-9H2,1-2H3,(H,15,16)(H,17,18)/t12-/m1/s1. The number of rotatable bonds is 7. The Morgan fingerprint density at radius 1 is 1.19 bits per heavy atom. The number of nitrogens with one attached hydrogen (secondary N) is 1. The van der Waals surface area contributed by atoms with Gasteiger partial charge in [-0.15, -0.1) is 0 Å². The summed E-state index contributed by atoms with van der Waals surface area (Å²) in [5.74, 6) is -2.70. The number of carboxylic acid groups (broad SMARTS) is 1. The summed E-state index contributed by atoms with van der Waals surface area (Å²) in [5.41, 5.74) is 0.747. The Morgan fingerprint density at radius 3 is 2.24 bits per heavy atom. The van der Waals surface area contributed by atoms with Gasteiger partial charge in [-0.05, 0) is 19.4 Å². The summed E-state index contributed by atoms with van der Waals surface area (Å²) in [4.78, 5) is 22.9. The fourth-order valence-electron chi connectivity index (χ4n) is 1.64. The van der Waals surface area contributed by atoms with Crippen molar-refractivity contribution in [2.75, 3.05) is 5.75 Å². The van der Waals surface area contributed by atoms with Crippen LogP contribution in [0.3, 0.4) is 0 Å². The van der Waals surface area contributed by atoms with Gasteiger partial charge in [0, 0.05) is 6.42 Å². The lowest BCUT2D eigenvalue weighted by molar-refractivity contribution is -0.141. The molecule has 1 rings (SSSR count). The third kappa shape index (κ3) is 5.55. The minimum absolute atomic E-state index is 0.101. The van der Waals surface area contributed by atoms with Crippen LogP contribution in [-0.2, 0) is 25.8 Å². The maximum Gasteiger partial charge on any atom is 0.326 e. The van der Waals surface area contributed by atoms with E-state index in [2.05, 4.69) is 5.32 Å². The van der Waals surface area contributed by atoms with Gasteiger partial charge in [-0.2, -0.15) is 0 Å². The summed E-state index contributed by atoms with van der Waals surface area (Å²) in [6, 6.07) is 7.66. The fourth-order valence-corrected chi connectivity index (χ4v) is 2.42. The minimum Gasteiger partial charge on any atom is -0.480 e. The van der Waals surface area contributed by atoms with E-state index in [9.17, 15) is 18.0 Å². The van der Waals surface area contributed by atoms with Crippen molar-refractivity contribution < 1.29 is 23.1 Å². The molecule has 21 heavy (non-hydrogen) atoms. The second kappa shape index (κ2) is 7.21. The molecule has 7 heteroatoms. The average molecular weight is 313 g/mol. The van der Waals surface area contributed by atoms with Gasteiger partial charge in [-0.1, -0.05) is 30.3 Å². The molecule has 1 aromatic carbocycles. The number of benzene rings is 1. The SMILES string of the molecule is CC(C)S(=O)(=O)CC(=O)N[C@H](Cc1ccccc1)C(=O)O. The zero-order chi connectivity index (χ0) is 16.0. The molecule has 0 aliphatic heterocycles. The number of carbonyl (C=O) groups excluding carboxylic acids is 1. The van der Waals surface area contributed by atoms with Crippen molar-refractivity contribution >= 4 is 21.7 Å². The summed E-state index contributed by atoms with van der Waals surface area (Å²) in [6.07, 6.45) is 0.101. The molecule has 1 atom stereocenters.